The number of aryl methyl sites for hydroxylation is 1. The van der Waals surface area contributed by atoms with Crippen LogP contribution in [0.25, 0.3) is 15.9 Å². The Morgan fingerprint density at radius 3 is 2.52 bits per heavy atom. The minimum Gasteiger partial charge on any atom is -0.361 e. The molecule has 0 N–H and O–H groups in total. The summed E-state index contributed by atoms with van der Waals surface area (Å²) in [6.07, 6.45) is 0. The molecular formula is C16H15N5O2S2. The molecule has 0 saturated carbocycles. The fourth-order valence-electron chi connectivity index (χ4n) is 2.61. The number of hydrogen-bond donors (Lipinski definition) is 0. The molecule has 1 aromatic carbocycles. The standard InChI is InChI=1S/C16H15N5O2S2/c1-10-4-6-11(7-5-10)25(22,23)16-15-17-14(20(2)3)13-12(8-9-24-13)21(15)19-18-16/h4-9H,1-3H3. The second-order valence-electron chi connectivity index (χ2n) is 5.91. The largest absolute Gasteiger partial charge is 0.361 e. The van der Waals surface area contributed by atoms with Crippen molar-refractivity contribution < 1.29 is 8.42 Å². The molecule has 0 saturated heterocycles. The number of hydrogen-bond acceptors (Lipinski definition) is 7. The lowest BCUT2D eigenvalue weighted by atomic mass is 10.2. The molecule has 0 aliphatic heterocycles. The summed E-state index contributed by atoms with van der Waals surface area (Å²) in [6, 6.07) is 8.55. The molecule has 25 heavy (non-hydrogen) atoms. The fourth-order valence-corrected chi connectivity index (χ4v) is 4.79. The number of rotatable bonds is 3. The Kier molecular flexibility index (Phi) is 3.51. The lowest BCUT2D eigenvalue weighted by Crippen LogP contribution is -2.12. The van der Waals surface area contributed by atoms with Gasteiger partial charge in [0.05, 0.1) is 15.1 Å². The van der Waals surface area contributed by atoms with Crippen LogP contribution in [-0.4, -0.2) is 42.3 Å². The van der Waals surface area contributed by atoms with Gasteiger partial charge in [-0.15, -0.1) is 16.4 Å². The summed E-state index contributed by atoms with van der Waals surface area (Å²) < 4.78 is 28.4. The number of fused-ring (bicyclic) bond motifs is 3. The van der Waals surface area contributed by atoms with Gasteiger partial charge in [0.15, 0.2) is 5.65 Å². The lowest BCUT2D eigenvalue weighted by Gasteiger charge is -2.12. The van der Waals surface area contributed by atoms with Gasteiger partial charge in [-0.25, -0.2) is 13.4 Å². The number of nitrogens with zero attached hydrogens (tertiary/aromatic N) is 5. The van der Waals surface area contributed by atoms with E-state index in [2.05, 4.69) is 15.3 Å². The van der Waals surface area contributed by atoms with Gasteiger partial charge in [0.2, 0.25) is 14.9 Å². The van der Waals surface area contributed by atoms with Crippen LogP contribution in [0.3, 0.4) is 0 Å². The van der Waals surface area contributed by atoms with Crippen LogP contribution in [-0.2, 0) is 9.84 Å². The molecule has 0 atom stereocenters. The number of sulfone groups is 1. The zero-order chi connectivity index (χ0) is 17.8. The number of benzene rings is 1. The minimum atomic E-state index is -3.81. The van der Waals surface area contributed by atoms with Gasteiger partial charge < -0.3 is 4.90 Å². The average molecular weight is 373 g/mol. The van der Waals surface area contributed by atoms with Gasteiger partial charge in [0.1, 0.15) is 5.82 Å². The first-order chi connectivity index (χ1) is 11.9. The molecule has 3 heterocycles. The zero-order valence-corrected chi connectivity index (χ0v) is 15.5. The van der Waals surface area contributed by atoms with Crippen LogP contribution in [0.4, 0.5) is 5.82 Å². The minimum absolute atomic E-state index is 0.132. The average Bonchev–Trinajstić information content (AvgIpc) is 3.20. The molecule has 9 heteroatoms. The highest BCUT2D eigenvalue weighted by Crippen LogP contribution is 2.32. The van der Waals surface area contributed by atoms with Crippen molar-refractivity contribution >= 4 is 42.9 Å². The molecule has 0 unspecified atom stereocenters. The third-order valence-electron chi connectivity index (χ3n) is 3.91. The summed E-state index contributed by atoms with van der Waals surface area (Å²) in [5.74, 6) is 0.695. The van der Waals surface area contributed by atoms with Crippen molar-refractivity contribution in [2.24, 2.45) is 0 Å². The van der Waals surface area contributed by atoms with E-state index in [1.54, 1.807) is 24.3 Å². The van der Waals surface area contributed by atoms with Gasteiger partial charge in [-0.3, -0.25) is 0 Å². The van der Waals surface area contributed by atoms with E-state index in [1.807, 2.05) is 37.4 Å². The Morgan fingerprint density at radius 2 is 1.84 bits per heavy atom. The van der Waals surface area contributed by atoms with E-state index < -0.39 is 9.84 Å². The Hall–Kier alpha value is -2.52. The molecule has 0 radical (unpaired) electrons. The van der Waals surface area contributed by atoms with Gasteiger partial charge in [-0.05, 0) is 30.5 Å². The molecule has 4 rings (SSSR count). The normalized spacial score (nSPS) is 12.1. The van der Waals surface area contributed by atoms with Gasteiger partial charge in [0, 0.05) is 14.1 Å². The summed E-state index contributed by atoms with van der Waals surface area (Å²) in [4.78, 5) is 6.57. The second kappa shape index (κ2) is 5.50. The van der Waals surface area contributed by atoms with Gasteiger partial charge in [0.25, 0.3) is 0 Å². The summed E-state index contributed by atoms with van der Waals surface area (Å²) in [6.45, 7) is 1.90. The van der Waals surface area contributed by atoms with E-state index in [0.717, 1.165) is 15.8 Å². The number of anilines is 1. The van der Waals surface area contributed by atoms with E-state index in [1.165, 1.54) is 15.9 Å². The van der Waals surface area contributed by atoms with Crippen LogP contribution >= 0.6 is 11.3 Å². The highest BCUT2D eigenvalue weighted by Gasteiger charge is 2.27. The monoisotopic (exact) mass is 373 g/mol. The van der Waals surface area contributed by atoms with E-state index in [9.17, 15) is 8.42 Å². The summed E-state index contributed by atoms with van der Waals surface area (Å²) in [5.41, 5.74) is 2.01. The Morgan fingerprint density at radius 1 is 1.12 bits per heavy atom. The molecule has 4 aromatic rings. The first kappa shape index (κ1) is 16.0. The van der Waals surface area contributed by atoms with E-state index in [0.29, 0.717) is 5.82 Å². The Balaban J connectivity index is 2.03. The molecule has 0 aliphatic carbocycles. The van der Waals surface area contributed by atoms with Crippen molar-refractivity contribution in [1.29, 1.82) is 0 Å². The molecule has 0 fully saturated rings. The topological polar surface area (TPSA) is 80.5 Å². The maximum Gasteiger partial charge on any atom is 0.229 e. The smallest absolute Gasteiger partial charge is 0.229 e. The highest BCUT2D eigenvalue weighted by molar-refractivity contribution is 7.91. The van der Waals surface area contributed by atoms with Crippen molar-refractivity contribution in [2.45, 2.75) is 16.8 Å². The Bertz CT molecular complexity index is 1190. The third kappa shape index (κ3) is 2.38. The van der Waals surface area contributed by atoms with Crippen LogP contribution in [0, 0.1) is 6.92 Å². The van der Waals surface area contributed by atoms with Crippen LogP contribution in [0.5, 0.6) is 0 Å². The van der Waals surface area contributed by atoms with E-state index in [-0.39, 0.29) is 15.6 Å². The fraction of sp³-hybridized carbons (Fsp3) is 0.188. The molecule has 0 amide bonds. The van der Waals surface area contributed by atoms with Crippen molar-refractivity contribution in [2.75, 3.05) is 19.0 Å². The lowest BCUT2D eigenvalue weighted by molar-refractivity contribution is 0.592. The Labute approximate surface area is 148 Å². The van der Waals surface area contributed by atoms with Crippen LogP contribution < -0.4 is 4.90 Å². The molecule has 0 aliphatic rings. The molecule has 0 spiro atoms. The van der Waals surface area contributed by atoms with Crippen LogP contribution in [0.2, 0.25) is 0 Å². The molecule has 3 aromatic heterocycles. The van der Waals surface area contributed by atoms with E-state index >= 15 is 0 Å². The number of aromatic nitrogens is 4. The first-order valence-electron chi connectivity index (χ1n) is 7.51. The predicted molar refractivity (Wildman–Crippen MR) is 97.1 cm³/mol. The SMILES string of the molecule is Cc1ccc(S(=O)(=O)c2nnn3c2nc(N(C)C)c2sccc23)cc1. The first-order valence-corrected chi connectivity index (χ1v) is 9.87. The van der Waals surface area contributed by atoms with Crippen molar-refractivity contribution in [3.05, 3.63) is 41.3 Å². The molecule has 128 valence electrons. The van der Waals surface area contributed by atoms with Gasteiger partial charge >= 0.3 is 0 Å². The van der Waals surface area contributed by atoms with Crippen LogP contribution in [0.1, 0.15) is 5.56 Å². The van der Waals surface area contributed by atoms with Crippen molar-refractivity contribution in [3.8, 4) is 0 Å². The molecule has 0 bridgehead atoms. The maximum atomic E-state index is 13.0. The van der Waals surface area contributed by atoms with Crippen LogP contribution in [0.15, 0.2) is 45.6 Å². The maximum absolute atomic E-state index is 13.0. The second-order valence-corrected chi connectivity index (χ2v) is 8.69. The predicted octanol–water partition coefficient (Wildman–Crippen LogP) is 2.55. The summed E-state index contributed by atoms with van der Waals surface area (Å²) in [7, 11) is -0.0633. The summed E-state index contributed by atoms with van der Waals surface area (Å²) >= 11 is 1.53. The molecular weight excluding hydrogens is 358 g/mol. The van der Waals surface area contributed by atoms with Crippen molar-refractivity contribution in [3.63, 3.8) is 0 Å². The third-order valence-corrected chi connectivity index (χ3v) is 6.48. The summed E-state index contributed by atoms with van der Waals surface area (Å²) in [5, 5.41) is 9.78. The quantitative estimate of drug-likeness (QED) is 0.549. The molecule has 7 nitrogen and oxygen atoms in total. The van der Waals surface area contributed by atoms with Gasteiger partial charge in [-0.2, -0.15) is 4.52 Å². The van der Waals surface area contributed by atoms with Gasteiger partial charge in [-0.1, -0.05) is 22.9 Å². The highest BCUT2D eigenvalue weighted by atomic mass is 32.2. The number of thiophene rings is 1. The zero-order valence-electron chi connectivity index (χ0n) is 13.8. The van der Waals surface area contributed by atoms with E-state index in [4.69, 9.17) is 0 Å². The van der Waals surface area contributed by atoms with Crippen molar-refractivity contribution in [1.82, 2.24) is 19.8 Å².